The van der Waals surface area contributed by atoms with Crippen LogP contribution in [0, 0.1) is 0 Å². The Labute approximate surface area is 140 Å². The van der Waals surface area contributed by atoms with Gasteiger partial charge in [0.2, 0.25) is 5.91 Å². The normalized spacial score (nSPS) is 12.4. The Balaban J connectivity index is 1.67. The summed E-state index contributed by atoms with van der Waals surface area (Å²) in [5.74, 6) is 1.38. The van der Waals surface area contributed by atoms with Crippen molar-refractivity contribution in [3.63, 3.8) is 0 Å². The van der Waals surface area contributed by atoms with Gasteiger partial charge in [0.1, 0.15) is 5.82 Å². The van der Waals surface area contributed by atoms with Gasteiger partial charge in [-0.3, -0.25) is 4.79 Å². The van der Waals surface area contributed by atoms with E-state index in [0.29, 0.717) is 18.9 Å². The number of hydrogen-bond donors (Lipinski definition) is 3. The van der Waals surface area contributed by atoms with Crippen molar-refractivity contribution in [3.05, 3.63) is 30.1 Å². The van der Waals surface area contributed by atoms with E-state index in [1.54, 1.807) is 18.9 Å². The number of H-pyrrole nitrogens is 1. The third-order valence-electron chi connectivity index (χ3n) is 3.36. The highest BCUT2D eigenvalue weighted by Crippen LogP contribution is 2.27. The number of para-hydroxylation sites is 2. The molecule has 3 N–H and O–H groups in total. The average Bonchev–Trinajstić information content (AvgIpc) is 3.00. The van der Waals surface area contributed by atoms with E-state index < -0.39 is 0 Å². The summed E-state index contributed by atoms with van der Waals surface area (Å²) in [4.78, 5) is 19.7. The Morgan fingerprint density at radius 2 is 2.17 bits per heavy atom. The molecular weight excluding hydrogens is 312 g/mol. The standard InChI is InChI=1S/C16H24N4O2S/c1-12(16-19-13-5-3-4-6-14(13)20-16)23-11-15(21)18-8-7-17-9-10-22-2/h3-6,12,17H,7-11H2,1-2H3,(H,18,21)(H,19,20). The number of nitrogens with one attached hydrogen (secondary N) is 3. The first-order valence-corrected chi connectivity index (χ1v) is 8.78. The summed E-state index contributed by atoms with van der Waals surface area (Å²) >= 11 is 1.58. The maximum atomic E-state index is 11.8. The number of aromatic amines is 1. The molecule has 2 rings (SSSR count). The number of benzene rings is 1. The van der Waals surface area contributed by atoms with Gasteiger partial charge in [0.05, 0.1) is 28.6 Å². The molecule has 2 aromatic rings. The summed E-state index contributed by atoms with van der Waals surface area (Å²) < 4.78 is 4.94. The Morgan fingerprint density at radius 3 is 2.96 bits per heavy atom. The SMILES string of the molecule is COCCNCCNC(=O)CSC(C)c1nc2ccccc2[nH]1. The Morgan fingerprint density at radius 1 is 1.35 bits per heavy atom. The van der Waals surface area contributed by atoms with E-state index in [1.165, 1.54) is 0 Å². The number of aromatic nitrogens is 2. The van der Waals surface area contributed by atoms with Crippen LogP contribution in [-0.2, 0) is 9.53 Å². The molecule has 0 aliphatic rings. The molecule has 1 heterocycles. The molecule has 0 fully saturated rings. The molecule has 1 unspecified atom stereocenters. The van der Waals surface area contributed by atoms with Crippen molar-refractivity contribution in [2.75, 3.05) is 39.1 Å². The summed E-state index contributed by atoms with van der Waals surface area (Å²) in [7, 11) is 1.67. The van der Waals surface area contributed by atoms with Crippen molar-refractivity contribution in [1.82, 2.24) is 20.6 Å². The van der Waals surface area contributed by atoms with Crippen LogP contribution >= 0.6 is 11.8 Å². The number of methoxy groups -OCH3 is 1. The highest BCUT2D eigenvalue weighted by molar-refractivity contribution is 8.00. The zero-order valence-electron chi connectivity index (χ0n) is 13.6. The first-order chi connectivity index (χ1) is 11.2. The molecule has 0 radical (unpaired) electrons. The topological polar surface area (TPSA) is 79.0 Å². The van der Waals surface area contributed by atoms with Gasteiger partial charge >= 0.3 is 0 Å². The molecule has 1 atom stereocenters. The van der Waals surface area contributed by atoms with E-state index in [4.69, 9.17) is 4.74 Å². The number of fused-ring (bicyclic) bond motifs is 1. The monoisotopic (exact) mass is 336 g/mol. The fourth-order valence-electron chi connectivity index (χ4n) is 2.09. The number of hydrogen-bond acceptors (Lipinski definition) is 5. The molecule has 0 saturated carbocycles. The Bertz CT molecular complexity index is 584. The molecule has 1 aromatic heterocycles. The van der Waals surface area contributed by atoms with Gasteiger partial charge in [-0.25, -0.2) is 4.98 Å². The number of thioether (sulfide) groups is 1. The van der Waals surface area contributed by atoms with Gasteiger partial charge in [-0.1, -0.05) is 12.1 Å². The molecule has 23 heavy (non-hydrogen) atoms. The van der Waals surface area contributed by atoms with Crippen LogP contribution in [0.15, 0.2) is 24.3 Å². The fourth-order valence-corrected chi connectivity index (χ4v) is 2.86. The highest BCUT2D eigenvalue weighted by Gasteiger charge is 2.13. The van der Waals surface area contributed by atoms with Gasteiger partial charge in [0, 0.05) is 26.7 Å². The predicted molar refractivity (Wildman–Crippen MR) is 94.7 cm³/mol. The number of imidazole rings is 1. The van der Waals surface area contributed by atoms with Gasteiger partial charge in [-0.2, -0.15) is 0 Å². The lowest BCUT2D eigenvalue weighted by atomic mass is 10.3. The molecule has 0 aliphatic carbocycles. The van der Waals surface area contributed by atoms with E-state index in [9.17, 15) is 4.79 Å². The molecule has 6 nitrogen and oxygen atoms in total. The quantitative estimate of drug-likeness (QED) is 0.576. The smallest absolute Gasteiger partial charge is 0.230 e. The summed E-state index contributed by atoms with van der Waals surface area (Å²) in [5.41, 5.74) is 1.99. The van der Waals surface area contributed by atoms with Gasteiger partial charge in [-0.15, -0.1) is 11.8 Å². The zero-order valence-corrected chi connectivity index (χ0v) is 14.4. The minimum Gasteiger partial charge on any atom is -0.383 e. The van der Waals surface area contributed by atoms with Crippen LogP contribution in [0.25, 0.3) is 11.0 Å². The van der Waals surface area contributed by atoms with Gasteiger partial charge in [0.25, 0.3) is 0 Å². The van der Waals surface area contributed by atoms with Gasteiger partial charge < -0.3 is 20.4 Å². The van der Waals surface area contributed by atoms with Crippen LogP contribution in [0.4, 0.5) is 0 Å². The lowest BCUT2D eigenvalue weighted by Crippen LogP contribution is -2.34. The summed E-state index contributed by atoms with van der Waals surface area (Å²) in [6, 6.07) is 7.94. The van der Waals surface area contributed by atoms with Crippen molar-refractivity contribution in [2.45, 2.75) is 12.2 Å². The van der Waals surface area contributed by atoms with Crippen molar-refractivity contribution >= 4 is 28.7 Å². The number of carbonyl (C=O) groups excluding carboxylic acids is 1. The summed E-state index contributed by atoms with van der Waals surface area (Å²) in [6.07, 6.45) is 0. The minimum atomic E-state index is 0.0477. The fraction of sp³-hybridized carbons (Fsp3) is 0.500. The second-order valence-electron chi connectivity index (χ2n) is 5.19. The third kappa shape index (κ3) is 5.85. The molecule has 7 heteroatoms. The molecule has 1 amide bonds. The van der Waals surface area contributed by atoms with Crippen molar-refractivity contribution in [1.29, 1.82) is 0 Å². The molecular formula is C16H24N4O2S. The number of rotatable bonds is 10. The van der Waals surface area contributed by atoms with Crippen LogP contribution in [0.3, 0.4) is 0 Å². The third-order valence-corrected chi connectivity index (χ3v) is 4.52. The van der Waals surface area contributed by atoms with Crippen LogP contribution in [0.5, 0.6) is 0 Å². The second kappa shape index (κ2) is 9.54. The van der Waals surface area contributed by atoms with E-state index in [0.717, 1.165) is 29.9 Å². The van der Waals surface area contributed by atoms with E-state index in [2.05, 4.69) is 27.5 Å². The van der Waals surface area contributed by atoms with Crippen LogP contribution in [-0.4, -0.2) is 55.0 Å². The second-order valence-corrected chi connectivity index (χ2v) is 6.51. The highest BCUT2D eigenvalue weighted by atomic mass is 32.2. The number of ether oxygens (including phenoxy) is 1. The lowest BCUT2D eigenvalue weighted by molar-refractivity contribution is -0.118. The molecule has 0 bridgehead atoms. The first-order valence-electron chi connectivity index (χ1n) is 7.73. The largest absolute Gasteiger partial charge is 0.383 e. The van der Waals surface area contributed by atoms with E-state index in [-0.39, 0.29) is 11.2 Å². The number of nitrogens with zero attached hydrogens (tertiary/aromatic N) is 1. The Hall–Kier alpha value is -1.57. The average molecular weight is 336 g/mol. The molecule has 0 spiro atoms. The predicted octanol–water partition coefficient (Wildman–Crippen LogP) is 1.71. The van der Waals surface area contributed by atoms with Crippen molar-refractivity contribution in [2.24, 2.45) is 0 Å². The van der Waals surface area contributed by atoms with E-state index >= 15 is 0 Å². The molecule has 126 valence electrons. The number of carbonyl (C=O) groups is 1. The minimum absolute atomic E-state index is 0.0477. The van der Waals surface area contributed by atoms with Crippen molar-refractivity contribution < 1.29 is 9.53 Å². The first kappa shape index (κ1) is 17.8. The molecule has 1 aromatic carbocycles. The van der Waals surface area contributed by atoms with Crippen LogP contribution in [0.1, 0.15) is 18.0 Å². The summed E-state index contributed by atoms with van der Waals surface area (Å²) in [6.45, 7) is 4.91. The van der Waals surface area contributed by atoms with Gasteiger partial charge in [0.15, 0.2) is 0 Å². The molecule has 0 aliphatic heterocycles. The van der Waals surface area contributed by atoms with E-state index in [1.807, 2.05) is 24.3 Å². The molecule has 0 saturated heterocycles. The Kier molecular flexibility index (Phi) is 7.38. The lowest BCUT2D eigenvalue weighted by Gasteiger charge is -2.09. The maximum Gasteiger partial charge on any atom is 0.230 e. The van der Waals surface area contributed by atoms with Crippen LogP contribution < -0.4 is 10.6 Å². The zero-order chi connectivity index (χ0) is 16.5. The van der Waals surface area contributed by atoms with Crippen molar-refractivity contribution in [3.8, 4) is 0 Å². The van der Waals surface area contributed by atoms with Gasteiger partial charge in [-0.05, 0) is 19.1 Å². The summed E-state index contributed by atoms with van der Waals surface area (Å²) in [5, 5.41) is 6.23. The van der Waals surface area contributed by atoms with Crippen LogP contribution in [0.2, 0.25) is 0 Å². The maximum absolute atomic E-state index is 11.8. The number of amides is 1.